The van der Waals surface area contributed by atoms with E-state index in [2.05, 4.69) is 19.9 Å². The Morgan fingerprint density at radius 2 is 1.96 bits per heavy atom. The van der Waals surface area contributed by atoms with Crippen LogP contribution >= 0.6 is 0 Å². The third-order valence-corrected chi connectivity index (χ3v) is 3.82. The Morgan fingerprint density at radius 3 is 2.56 bits per heavy atom. The van der Waals surface area contributed by atoms with Gasteiger partial charge in [-0.3, -0.25) is 14.3 Å². The minimum atomic E-state index is -1.23. The molecule has 144 valence electrons. The molecule has 6 N–H and O–H groups in total. The van der Waals surface area contributed by atoms with Crippen molar-refractivity contribution in [3.8, 4) is 5.88 Å². The van der Waals surface area contributed by atoms with Crippen molar-refractivity contribution in [1.82, 2.24) is 29.5 Å². The fraction of sp³-hybridized carbons (Fsp3) is 0.357. The van der Waals surface area contributed by atoms with Crippen molar-refractivity contribution in [1.29, 1.82) is 0 Å². The molecule has 1 aliphatic heterocycles. The number of aliphatic hydroxyl groups is 3. The number of aromatic amines is 2. The smallest absolute Gasteiger partial charge is 0.325 e. The number of nitrogens with zero attached hydrogens (tertiary/aromatic N) is 4. The lowest BCUT2D eigenvalue weighted by Gasteiger charge is -2.16. The van der Waals surface area contributed by atoms with Crippen molar-refractivity contribution in [2.45, 2.75) is 24.5 Å². The summed E-state index contributed by atoms with van der Waals surface area (Å²) < 4.78 is 6.73. The van der Waals surface area contributed by atoms with E-state index in [0.717, 1.165) is 6.33 Å². The summed E-state index contributed by atoms with van der Waals surface area (Å²) in [6, 6.07) is 1.24. The summed E-state index contributed by atoms with van der Waals surface area (Å²) in [4.78, 5) is 36.1. The highest BCUT2D eigenvalue weighted by molar-refractivity contribution is 5.75. The van der Waals surface area contributed by atoms with Crippen LogP contribution in [0.25, 0.3) is 11.2 Å². The van der Waals surface area contributed by atoms with Gasteiger partial charge < -0.3 is 30.1 Å². The summed E-state index contributed by atoms with van der Waals surface area (Å²) in [5.41, 5.74) is -0.422. The molecule has 3 aromatic rings. The standard InChI is InChI=1S/C10H12N4O5.C4H4N2O2/c15-1-4-6(16)7(17)10(19-4)14-3-13-5-8(14)11-2-12-9(5)18;7-3-1-2-5-4(8)6-3/h2-4,6-7,10,15-17H,1H2,(H,11,12,18);1-2H,(H2,5,6,7,8)/t4-,6-,7-,10-;/m1./s1. The summed E-state index contributed by atoms with van der Waals surface area (Å²) >= 11 is 0. The Balaban J connectivity index is 0.000000221. The van der Waals surface area contributed by atoms with Crippen LogP contribution in [0.4, 0.5) is 0 Å². The number of aromatic hydroxyl groups is 1. The first-order chi connectivity index (χ1) is 12.9. The van der Waals surface area contributed by atoms with Gasteiger partial charge in [-0.05, 0) is 0 Å². The van der Waals surface area contributed by atoms with Crippen LogP contribution in [0.3, 0.4) is 0 Å². The van der Waals surface area contributed by atoms with Crippen LogP contribution in [0, 0.1) is 0 Å². The van der Waals surface area contributed by atoms with E-state index in [4.69, 9.17) is 9.84 Å². The molecule has 4 heterocycles. The third kappa shape index (κ3) is 3.70. The molecule has 0 radical (unpaired) electrons. The van der Waals surface area contributed by atoms with E-state index in [9.17, 15) is 24.9 Å². The molecule has 4 rings (SSSR count). The molecule has 4 atom stereocenters. The highest BCUT2D eigenvalue weighted by atomic mass is 16.6. The average molecular weight is 380 g/mol. The van der Waals surface area contributed by atoms with Crippen LogP contribution in [0.15, 0.2) is 34.5 Å². The van der Waals surface area contributed by atoms with Crippen molar-refractivity contribution in [2.75, 3.05) is 6.61 Å². The molecule has 13 heteroatoms. The topological polar surface area (TPSA) is 199 Å². The molecule has 1 saturated heterocycles. The molecular formula is C14H16N6O7. The lowest BCUT2D eigenvalue weighted by atomic mass is 10.1. The van der Waals surface area contributed by atoms with Gasteiger partial charge in [0.15, 0.2) is 17.4 Å². The minimum absolute atomic E-state index is 0.167. The van der Waals surface area contributed by atoms with Crippen molar-refractivity contribution in [3.05, 3.63) is 45.8 Å². The summed E-state index contributed by atoms with van der Waals surface area (Å²) in [7, 11) is 0. The van der Waals surface area contributed by atoms with Crippen LogP contribution in [-0.4, -0.2) is 74.8 Å². The maximum atomic E-state index is 10.2. The van der Waals surface area contributed by atoms with Crippen LogP contribution in [-0.2, 0) is 4.74 Å². The molecule has 0 amide bonds. The maximum absolute atomic E-state index is 10.2. The van der Waals surface area contributed by atoms with E-state index in [1.54, 1.807) is 0 Å². The maximum Gasteiger partial charge on any atom is 0.325 e. The number of hydrogen-bond donors (Lipinski definition) is 6. The lowest BCUT2D eigenvalue weighted by Crippen LogP contribution is -2.33. The van der Waals surface area contributed by atoms with Crippen LogP contribution in [0.2, 0.25) is 0 Å². The van der Waals surface area contributed by atoms with E-state index < -0.39 is 36.8 Å². The third-order valence-electron chi connectivity index (χ3n) is 3.82. The lowest BCUT2D eigenvalue weighted by molar-refractivity contribution is -0.0511. The number of aliphatic hydroxyl groups excluding tert-OH is 3. The number of nitrogens with one attached hydrogen (secondary N) is 2. The molecule has 27 heavy (non-hydrogen) atoms. The summed E-state index contributed by atoms with van der Waals surface area (Å²) in [6.45, 7) is -0.415. The molecule has 0 spiro atoms. The Hall–Kier alpha value is -3.13. The first kappa shape index (κ1) is 18.7. The Labute approximate surface area is 149 Å². The quantitative estimate of drug-likeness (QED) is 0.270. The van der Waals surface area contributed by atoms with Gasteiger partial charge in [-0.1, -0.05) is 0 Å². The predicted molar refractivity (Wildman–Crippen MR) is 87.7 cm³/mol. The normalized spacial score (nSPS) is 24.6. The molecule has 1 fully saturated rings. The Bertz CT molecular complexity index is 1000. The van der Waals surface area contributed by atoms with Gasteiger partial charge in [0.2, 0.25) is 5.88 Å². The summed E-state index contributed by atoms with van der Waals surface area (Å²) in [6.07, 6.45) is -0.494. The molecule has 3 aromatic heterocycles. The molecule has 0 unspecified atom stereocenters. The molecular weight excluding hydrogens is 364 g/mol. The largest absolute Gasteiger partial charge is 0.492 e. The Morgan fingerprint density at radius 1 is 1.19 bits per heavy atom. The number of hydrogen-bond acceptors (Lipinski definition) is 10. The molecule has 1 aliphatic rings. The zero-order valence-electron chi connectivity index (χ0n) is 13.6. The van der Waals surface area contributed by atoms with Crippen LogP contribution in [0.5, 0.6) is 5.88 Å². The second-order valence-electron chi connectivity index (χ2n) is 5.55. The predicted octanol–water partition coefficient (Wildman–Crippen LogP) is -2.79. The van der Waals surface area contributed by atoms with E-state index >= 15 is 0 Å². The van der Waals surface area contributed by atoms with Gasteiger partial charge in [0.25, 0.3) is 5.56 Å². The van der Waals surface area contributed by atoms with E-state index in [1.165, 1.54) is 23.2 Å². The number of rotatable bonds is 2. The zero-order valence-corrected chi connectivity index (χ0v) is 13.6. The SMILES string of the molecule is O=c1cc[nH]c(=O)[nH]1.OC[C@H]1O[C@@H](n2cnc3c(O)ncnc32)[C@H](O)[C@@H]1O. The van der Waals surface area contributed by atoms with E-state index in [1.807, 2.05) is 4.98 Å². The number of aromatic nitrogens is 6. The van der Waals surface area contributed by atoms with Gasteiger partial charge >= 0.3 is 5.69 Å². The van der Waals surface area contributed by atoms with Gasteiger partial charge in [-0.15, -0.1) is 0 Å². The fourth-order valence-corrected chi connectivity index (χ4v) is 2.52. The summed E-state index contributed by atoms with van der Waals surface area (Å²) in [5.74, 6) is -0.282. The molecule has 13 nitrogen and oxygen atoms in total. The average Bonchev–Trinajstić information content (AvgIpc) is 3.18. The first-order valence-corrected chi connectivity index (χ1v) is 7.69. The van der Waals surface area contributed by atoms with Gasteiger partial charge in [0.1, 0.15) is 24.6 Å². The van der Waals surface area contributed by atoms with E-state index in [-0.39, 0.29) is 22.6 Å². The first-order valence-electron chi connectivity index (χ1n) is 7.69. The molecule has 0 saturated carbocycles. The number of H-pyrrole nitrogens is 2. The van der Waals surface area contributed by atoms with E-state index in [0.29, 0.717) is 0 Å². The number of imidazole rings is 1. The second-order valence-corrected chi connectivity index (χ2v) is 5.55. The Kier molecular flexibility index (Phi) is 5.27. The monoisotopic (exact) mass is 380 g/mol. The van der Waals surface area contributed by atoms with Crippen molar-refractivity contribution >= 4 is 11.2 Å². The number of fused-ring (bicyclic) bond motifs is 1. The van der Waals surface area contributed by atoms with Gasteiger partial charge in [-0.25, -0.2) is 14.8 Å². The van der Waals surface area contributed by atoms with Crippen LogP contribution in [0.1, 0.15) is 6.23 Å². The molecule has 0 aliphatic carbocycles. The zero-order chi connectivity index (χ0) is 19.6. The fourth-order valence-electron chi connectivity index (χ4n) is 2.52. The van der Waals surface area contributed by atoms with Gasteiger partial charge in [-0.2, -0.15) is 4.98 Å². The highest BCUT2D eigenvalue weighted by Gasteiger charge is 2.44. The van der Waals surface area contributed by atoms with Gasteiger partial charge in [0, 0.05) is 12.3 Å². The van der Waals surface area contributed by atoms with Crippen molar-refractivity contribution in [2.24, 2.45) is 0 Å². The number of ether oxygens (including phenoxy) is 1. The molecule has 0 bridgehead atoms. The van der Waals surface area contributed by atoms with Crippen molar-refractivity contribution in [3.63, 3.8) is 0 Å². The highest BCUT2D eigenvalue weighted by Crippen LogP contribution is 2.32. The van der Waals surface area contributed by atoms with Crippen LogP contribution < -0.4 is 11.2 Å². The molecule has 0 aromatic carbocycles. The second kappa shape index (κ2) is 7.63. The summed E-state index contributed by atoms with van der Waals surface area (Å²) in [5, 5.41) is 38.2. The minimum Gasteiger partial charge on any atom is -0.492 e. The van der Waals surface area contributed by atoms with Crippen molar-refractivity contribution < 1.29 is 25.2 Å². The van der Waals surface area contributed by atoms with Gasteiger partial charge in [0.05, 0.1) is 12.9 Å².